The molecule has 6 heteroatoms. The van der Waals surface area contributed by atoms with Crippen molar-refractivity contribution < 1.29 is 4.74 Å². The van der Waals surface area contributed by atoms with Crippen LogP contribution in [0.4, 0.5) is 0 Å². The molecule has 0 atom stereocenters. The first-order valence-corrected chi connectivity index (χ1v) is 8.46. The van der Waals surface area contributed by atoms with Crippen LogP contribution in [0.5, 0.6) is 0 Å². The van der Waals surface area contributed by atoms with Crippen molar-refractivity contribution in [1.29, 1.82) is 0 Å². The summed E-state index contributed by atoms with van der Waals surface area (Å²) in [5.41, 5.74) is 2.27. The van der Waals surface area contributed by atoms with Crippen LogP contribution in [0.15, 0.2) is 34.2 Å². The van der Waals surface area contributed by atoms with Crippen molar-refractivity contribution in [3.05, 3.63) is 34.6 Å². The second kappa shape index (κ2) is 6.54. The van der Waals surface area contributed by atoms with Gasteiger partial charge in [0.15, 0.2) is 5.16 Å². The van der Waals surface area contributed by atoms with Crippen molar-refractivity contribution in [1.82, 2.24) is 14.5 Å². The maximum atomic E-state index is 12.7. The van der Waals surface area contributed by atoms with Gasteiger partial charge in [0, 0.05) is 29.8 Å². The summed E-state index contributed by atoms with van der Waals surface area (Å²) in [5, 5.41) is 1.74. The minimum atomic E-state index is -0.0115. The van der Waals surface area contributed by atoms with Crippen LogP contribution in [0.2, 0.25) is 0 Å². The Hall–Kier alpha value is -1.79. The summed E-state index contributed by atoms with van der Waals surface area (Å²) in [5.74, 6) is 0.786. The van der Waals surface area contributed by atoms with Crippen molar-refractivity contribution >= 4 is 33.7 Å². The first-order valence-electron chi connectivity index (χ1n) is 7.48. The van der Waals surface area contributed by atoms with E-state index >= 15 is 0 Å². The minimum Gasteiger partial charge on any atom is -0.381 e. The Morgan fingerprint density at radius 1 is 1.32 bits per heavy atom. The van der Waals surface area contributed by atoms with Crippen LogP contribution < -0.4 is 5.56 Å². The Morgan fingerprint density at radius 3 is 2.91 bits per heavy atom. The normalized spacial score (nSPS) is 11.5. The quantitative estimate of drug-likeness (QED) is 0.431. The van der Waals surface area contributed by atoms with Gasteiger partial charge in [0.25, 0.3) is 5.56 Å². The maximum absolute atomic E-state index is 12.7. The predicted molar refractivity (Wildman–Crippen MR) is 90.8 cm³/mol. The van der Waals surface area contributed by atoms with Crippen LogP contribution in [0.3, 0.4) is 0 Å². The maximum Gasteiger partial charge on any atom is 0.278 e. The summed E-state index contributed by atoms with van der Waals surface area (Å²) in [6.07, 6.45) is 0. The fourth-order valence-electron chi connectivity index (χ4n) is 2.50. The summed E-state index contributed by atoms with van der Waals surface area (Å²) in [6, 6.07) is 7.87. The minimum absolute atomic E-state index is 0.0115. The van der Waals surface area contributed by atoms with Crippen LogP contribution in [0.25, 0.3) is 21.9 Å². The molecule has 2 aromatic heterocycles. The first kappa shape index (κ1) is 15.1. The molecular formula is C16H19N3O2S. The molecule has 22 heavy (non-hydrogen) atoms. The van der Waals surface area contributed by atoms with Gasteiger partial charge in [0.05, 0.1) is 6.61 Å². The second-order valence-electron chi connectivity index (χ2n) is 4.88. The van der Waals surface area contributed by atoms with E-state index in [1.54, 1.807) is 16.3 Å². The number of aromatic nitrogens is 3. The van der Waals surface area contributed by atoms with Gasteiger partial charge in [0.1, 0.15) is 11.0 Å². The number of para-hydroxylation sites is 1. The molecule has 0 saturated carbocycles. The number of hydrogen-bond donors (Lipinski definition) is 1. The zero-order valence-corrected chi connectivity index (χ0v) is 13.6. The van der Waals surface area contributed by atoms with Crippen LogP contribution in [-0.4, -0.2) is 33.5 Å². The Kier molecular flexibility index (Phi) is 4.49. The largest absolute Gasteiger partial charge is 0.381 e. The summed E-state index contributed by atoms with van der Waals surface area (Å²) in [4.78, 5) is 20.6. The lowest BCUT2D eigenvalue weighted by molar-refractivity contribution is 0.164. The molecule has 0 bridgehead atoms. The van der Waals surface area contributed by atoms with Crippen LogP contribution in [0, 0.1) is 0 Å². The first-order chi connectivity index (χ1) is 10.8. The van der Waals surface area contributed by atoms with E-state index in [0.29, 0.717) is 25.3 Å². The third-order valence-corrected chi connectivity index (χ3v) is 4.50. The molecule has 0 fully saturated rings. The van der Waals surface area contributed by atoms with Crippen molar-refractivity contribution in [3.8, 4) is 0 Å². The lowest BCUT2D eigenvalue weighted by Crippen LogP contribution is -2.22. The predicted octanol–water partition coefficient (Wildman–Crippen LogP) is 3.03. The highest BCUT2D eigenvalue weighted by atomic mass is 32.2. The summed E-state index contributed by atoms with van der Waals surface area (Å²) < 4.78 is 7.08. The number of hydrogen-bond acceptors (Lipinski definition) is 4. The molecule has 0 aliphatic heterocycles. The summed E-state index contributed by atoms with van der Waals surface area (Å²) >= 11 is 1.57. The molecule has 5 nitrogen and oxygen atoms in total. The monoisotopic (exact) mass is 317 g/mol. The zero-order chi connectivity index (χ0) is 15.5. The number of H-pyrrole nitrogens is 1. The smallest absolute Gasteiger partial charge is 0.278 e. The Balaban J connectivity index is 2.10. The lowest BCUT2D eigenvalue weighted by atomic mass is 10.2. The third kappa shape index (κ3) is 2.64. The number of fused-ring (bicyclic) bond motifs is 3. The van der Waals surface area contributed by atoms with Gasteiger partial charge in [-0.25, -0.2) is 4.98 Å². The van der Waals surface area contributed by atoms with Gasteiger partial charge < -0.3 is 9.72 Å². The van der Waals surface area contributed by atoms with E-state index in [-0.39, 0.29) is 5.56 Å². The highest BCUT2D eigenvalue weighted by molar-refractivity contribution is 7.99. The number of rotatable bonds is 6. The van der Waals surface area contributed by atoms with Crippen molar-refractivity contribution in [2.24, 2.45) is 0 Å². The molecule has 0 aliphatic rings. The standard InChI is InChI=1S/C16H19N3O2S/c1-3-19-15(20)14-13(11-7-5-6-8-12(11)17-14)18-16(19)22-10-9-21-4-2/h5-8,17H,3-4,9-10H2,1-2H3. The number of aromatic amines is 1. The van der Waals surface area contributed by atoms with Gasteiger partial charge in [-0.15, -0.1) is 0 Å². The van der Waals surface area contributed by atoms with Gasteiger partial charge in [-0.05, 0) is 19.9 Å². The Morgan fingerprint density at radius 2 is 2.14 bits per heavy atom. The molecule has 3 aromatic rings. The van der Waals surface area contributed by atoms with Gasteiger partial charge in [0.2, 0.25) is 0 Å². The topological polar surface area (TPSA) is 59.9 Å². The highest BCUT2D eigenvalue weighted by Gasteiger charge is 2.14. The molecular weight excluding hydrogens is 298 g/mol. The molecule has 0 saturated heterocycles. The van der Waals surface area contributed by atoms with Crippen LogP contribution >= 0.6 is 11.8 Å². The van der Waals surface area contributed by atoms with Crippen molar-refractivity contribution in [2.45, 2.75) is 25.5 Å². The molecule has 0 radical (unpaired) electrons. The van der Waals surface area contributed by atoms with E-state index in [1.807, 2.05) is 38.1 Å². The number of benzene rings is 1. The SMILES string of the molecule is CCOCCSc1nc2c([nH]c3ccccc32)c(=O)n1CC. The molecule has 116 valence electrons. The molecule has 2 heterocycles. The van der Waals surface area contributed by atoms with E-state index < -0.39 is 0 Å². The summed E-state index contributed by atoms with van der Waals surface area (Å²) in [6.45, 7) is 5.91. The Bertz CT molecular complexity index is 854. The van der Waals surface area contributed by atoms with E-state index in [9.17, 15) is 4.79 Å². The average Bonchev–Trinajstić information content (AvgIpc) is 2.91. The molecule has 0 spiro atoms. The van der Waals surface area contributed by atoms with E-state index in [0.717, 1.165) is 27.3 Å². The number of nitrogens with one attached hydrogen (secondary N) is 1. The van der Waals surface area contributed by atoms with Crippen LogP contribution in [0.1, 0.15) is 13.8 Å². The highest BCUT2D eigenvalue weighted by Crippen LogP contribution is 2.24. The fourth-order valence-corrected chi connectivity index (χ4v) is 3.41. The third-order valence-electron chi connectivity index (χ3n) is 3.56. The molecule has 0 amide bonds. The fraction of sp³-hybridized carbons (Fsp3) is 0.375. The van der Waals surface area contributed by atoms with Gasteiger partial charge in [-0.3, -0.25) is 9.36 Å². The lowest BCUT2D eigenvalue weighted by Gasteiger charge is -2.09. The van der Waals surface area contributed by atoms with Crippen molar-refractivity contribution in [3.63, 3.8) is 0 Å². The van der Waals surface area contributed by atoms with E-state index in [1.165, 1.54) is 0 Å². The zero-order valence-electron chi connectivity index (χ0n) is 12.8. The average molecular weight is 317 g/mol. The van der Waals surface area contributed by atoms with E-state index in [4.69, 9.17) is 9.72 Å². The van der Waals surface area contributed by atoms with Crippen LogP contribution in [-0.2, 0) is 11.3 Å². The van der Waals surface area contributed by atoms with Gasteiger partial charge in [-0.2, -0.15) is 0 Å². The molecule has 3 rings (SSSR count). The molecule has 0 aliphatic carbocycles. The molecule has 0 unspecified atom stereocenters. The number of nitrogens with zero attached hydrogens (tertiary/aromatic N) is 2. The van der Waals surface area contributed by atoms with Crippen molar-refractivity contribution in [2.75, 3.05) is 19.0 Å². The number of thioether (sulfide) groups is 1. The molecule has 1 N–H and O–H groups in total. The number of ether oxygens (including phenoxy) is 1. The second-order valence-corrected chi connectivity index (χ2v) is 5.95. The summed E-state index contributed by atoms with van der Waals surface area (Å²) in [7, 11) is 0. The van der Waals surface area contributed by atoms with Gasteiger partial charge >= 0.3 is 0 Å². The van der Waals surface area contributed by atoms with Gasteiger partial charge in [-0.1, -0.05) is 30.0 Å². The molecule has 1 aromatic carbocycles. The van der Waals surface area contributed by atoms with E-state index in [2.05, 4.69) is 4.98 Å². The Labute approximate surface area is 132 Å².